The molecule has 0 aliphatic rings. The lowest BCUT2D eigenvalue weighted by molar-refractivity contribution is -0.0384. The third-order valence-corrected chi connectivity index (χ3v) is 3.43. The van der Waals surface area contributed by atoms with Crippen LogP contribution >= 0.6 is 0 Å². The van der Waals surface area contributed by atoms with Crippen LogP contribution < -0.4 is 5.32 Å². The predicted molar refractivity (Wildman–Crippen MR) is 67.6 cm³/mol. The van der Waals surface area contributed by atoms with E-state index < -0.39 is 22.3 Å². The number of rotatable bonds is 4. The SMILES string of the molecule is CN(CCO)C(=O)Nc1ccc(S(=O)C(F)(F)F)cc1. The molecule has 0 radical (unpaired) electrons. The van der Waals surface area contributed by atoms with E-state index in [-0.39, 0.29) is 23.7 Å². The van der Waals surface area contributed by atoms with Gasteiger partial charge in [-0.15, -0.1) is 0 Å². The molecule has 2 N–H and O–H groups in total. The van der Waals surface area contributed by atoms with Gasteiger partial charge in [-0.05, 0) is 24.3 Å². The van der Waals surface area contributed by atoms with Crippen molar-refractivity contribution < 1.29 is 27.3 Å². The maximum atomic E-state index is 12.2. The van der Waals surface area contributed by atoms with Crippen LogP contribution in [-0.4, -0.2) is 46.0 Å². The van der Waals surface area contributed by atoms with Gasteiger partial charge in [0.2, 0.25) is 0 Å². The summed E-state index contributed by atoms with van der Waals surface area (Å²) in [5, 5.41) is 11.1. The number of hydrogen-bond acceptors (Lipinski definition) is 3. The summed E-state index contributed by atoms with van der Waals surface area (Å²) in [6.07, 6.45) is 0. The van der Waals surface area contributed by atoms with Gasteiger partial charge in [-0.2, -0.15) is 13.2 Å². The molecule has 0 saturated heterocycles. The number of benzene rings is 1. The first-order chi connectivity index (χ1) is 9.25. The van der Waals surface area contributed by atoms with Gasteiger partial charge in [0.15, 0.2) is 10.8 Å². The molecule has 0 aliphatic heterocycles. The second-order valence-electron chi connectivity index (χ2n) is 3.81. The smallest absolute Gasteiger partial charge is 0.395 e. The molecule has 0 saturated carbocycles. The summed E-state index contributed by atoms with van der Waals surface area (Å²) in [5.41, 5.74) is -4.55. The van der Waals surface area contributed by atoms with Gasteiger partial charge in [0.25, 0.3) is 0 Å². The van der Waals surface area contributed by atoms with E-state index in [4.69, 9.17) is 5.11 Å². The monoisotopic (exact) mass is 310 g/mol. The van der Waals surface area contributed by atoms with Crippen LogP contribution in [0.1, 0.15) is 0 Å². The molecule has 9 heteroatoms. The predicted octanol–water partition coefficient (Wildman–Crippen LogP) is 1.77. The fourth-order valence-corrected chi connectivity index (χ4v) is 1.92. The van der Waals surface area contributed by atoms with Gasteiger partial charge in [-0.3, -0.25) is 0 Å². The summed E-state index contributed by atoms with van der Waals surface area (Å²) < 4.78 is 47.8. The number of anilines is 1. The molecule has 1 aromatic rings. The number of aliphatic hydroxyl groups is 1. The van der Waals surface area contributed by atoms with Crippen LogP contribution in [0.2, 0.25) is 0 Å². The Morgan fingerprint density at radius 2 is 1.90 bits per heavy atom. The average Bonchev–Trinajstić information content (AvgIpc) is 2.38. The highest BCUT2D eigenvalue weighted by Crippen LogP contribution is 2.26. The minimum atomic E-state index is -4.81. The molecule has 1 rings (SSSR count). The van der Waals surface area contributed by atoms with E-state index in [1.54, 1.807) is 0 Å². The molecule has 0 spiro atoms. The van der Waals surface area contributed by atoms with E-state index in [2.05, 4.69) is 5.32 Å². The van der Waals surface area contributed by atoms with Gasteiger partial charge < -0.3 is 15.3 Å². The summed E-state index contributed by atoms with van der Waals surface area (Å²) in [7, 11) is -1.63. The van der Waals surface area contributed by atoms with Crippen molar-refractivity contribution in [3.8, 4) is 0 Å². The van der Waals surface area contributed by atoms with Crippen molar-refractivity contribution in [2.24, 2.45) is 0 Å². The number of carbonyl (C=O) groups excluding carboxylic acids is 1. The first-order valence-electron chi connectivity index (χ1n) is 5.47. The third kappa shape index (κ3) is 4.49. The summed E-state index contributed by atoms with van der Waals surface area (Å²) in [4.78, 5) is 12.4. The van der Waals surface area contributed by atoms with Crippen molar-refractivity contribution in [3.63, 3.8) is 0 Å². The molecule has 5 nitrogen and oxygen atoms in total. The van der Waals surface area contributed by atoms with Crippen LogP contribution in [0.5, 0.6) is 0 Å². The zero-order chi connectivity index (χ0) is 15.3. The van der Waals surface area contributed by atoms with E-state index in [0.29, 0.717) is 0 Å². The van der Waals surface area contributed by atoms with Crippen molar-refractivity contribution in [3.05, 3.63) is 24.3 Å². The van der Waals surface area contributed by atoms with E-state index in [9.17, 15) is 22.2 Å². The molecule has 0 aromatic heterocycles. The first kappa shape index (κ1) is 16.4. The Balaban J connectivity index is 2.73. The number of hydrogen-bond donors (Lipinski definition) is 2. The van der Waals surface area contributed by atoms with Gasteiger partial charge >= 0.3 is 11.5 Å². The number of carbonyl (C=O) groups is 1. The Bertz CT molecular complexity index is 491. The van der Waals surface area contributed by atoms with Crippen LogP contribution in [0.25, 0.3) is 0 Å². The normalized spacial score (nSPS) is 12.8. The number of likely N-dealkylation sites (N-methyl/N-ethyl adjacent to an activating group) is 1. The molecule has 0 bridgehead atoms. The molecule has 112 valence electrons. The third-order valence-electron chi connectivity index (χ3n) is 2.31. The van der Waals surface area contributed by atoms with Crippen molar-refractivity contribution in [1.82, 2.24) is 4.90 Å². The number of nitrogens with one attached hydrogen (secondary N) is 1. The second-order valence-corrected chi connectivity index (χ2v) is 5.29. The van der Waals surface area contributed by atoms with E-state index in [0.717, 1.165) is 12.1 Å². The number of halogens is 3. The van der Waals surface area contributed by atoms with Gasteiger partial charge in [0.05, 0.1) is 6.61 Å². The minimum Gasteiger partial charge on any atom is -0.395 e. The highest BCUT2D eigenvalue weighted by molar-refractivity contribution is 7.86. The maximum absolute atomic E-state index is 12.2. The number of aliphatic hydroxyl groups excluding tert-OH is 1. The summed E-state index contributed by atoms with van der Waals surface area (Å²) >= 11 is 0. The van der Waals surface area contributed by atoms with Gasteiger partial charge in [0.1, 0.15) is 0 Å². The Labute approximate surface area is 115 Å². The standard InChI is InChI=1S/C11H13F3N2O3S/c1-16(6-7-17)10(18)15-8-2-4-9(5-3-8)20(19)11(12,13)14/h2-5,17H,6-7H2,1H3,(H,15,18). The summed E-state index contributed by atoms with van der Waals surface area (Å²) in [6, 6.07) is 4.01. The molecule has 1 aromatic carbocycles. The summed E-state index contributed by atoms with van der Waals surface area (Å²) in [5.74, 6) is 0. The molecular weight excluding hydrogens is 297 g/mol. The molecule has 0 aliphatic carbocycles. The molecule has 2 amide bonds. The maximum Gasteiger partial charge on any atom is 0.475 e. The van der Waals surface area contributed by atoms with E-state index in [1.165, 1.54) is 24.1 Å². The Kier molecular flexibility index (Phi) is 5.52. The molecular formula is C11H13F3N2O3S. The zero-order valence-electron chi connectivity index (χ0n) is 10.5. The largest absolute Gasteiger partial charge is 0.475 e. The van der Waals surface area contributed by atoms with E-state index in [1.807, 2.05) is 0 Å². The van der Waals surface area contributed by atoms with E-state index >= 15 is 0 Å². The Hall–Kier alpha value is -1.61. The molecule has 1 unspecified atom stereocenters. The lowest BCUT2D eigenvalue weighted by atomic mass is 10.3. The van der Waals surface area contributed by atoms with Crippen LogP contribution in [0.3, 0.4) is 0 Å². The van der Waals surface area contributed by atoms with Crippen molar-refractivity contribution in [1.29, 1.82) is 0 Å². The summed E-state index contributed by atoms with van der Waals surface area (Å²) in [6.45, 7) is -0.0740. The zero-order valence-corrected chi connectivity index (χ0v) is 11.3. The highest BCUT2D eigenvalue weighted by Gasteiger charge is 2.37. The van der Waals surface area contributed by atoms with Crippen LogP contribution in [-0.2, 0) is 10.8 Å². The topological polar surface area (TPSA) is 69.6 Å². The molecule has 0 fully saturated rings. The fraction of sp³-hybridized carbons (Fsp3) is 0.364. The minimum absolute atomic E-state index is 0.127. The number of urea groups is 1. The second kappa shape index (κ2) is 6.71. The number of nitrogens with zero attached hydrogens (tertiary/aromatic N) is 1. The highest BCUT2D eigenvalue weighted by atomic mass is 32.2. The van der Waals surface area contributed by atoms with Gasteiger partial charge in [-0.1, -0.05) is 0 Å². The number of alkyl halides is 3. The lowest BCUT2D eigenvalue weighted by Crippen LogP contribution is -2.33. The van der Waals surface area contributed by atoms with Gasteiger partial charge in [-0.25, -0.2) is 9.00 Å². The van der Waals surface area contributed by atoms with Crippen molar-refractivity contribution >= 4 is 22.5 Å². The number of amides is 2. The quantitative estimate of drug-likeness (QED) is 0.890. The first-order valence-corrected chi connectivity index (χ1v) is 6.62. The molecule has 20 heavy (non-hydrogen) atoms. The van der Waals surface area contributed by atoms with Gasteiger partial charge in [0, 0.05) is 24.2 Å². The van der Waals surface area contributed by atoms with Crippen LogP contribution in [0, 0.1) is 0 Å². The van der Waals surface area contributed by atoms with Crippen LogP contribution in [0.4, 0.5) is 23.7 Å². The van der Waals surface area contributed by atoms with Crippen molar-refractivity contribution in [2.75, 3.05) is 25.5 Å². The van der Waals surface area contributed by atoms with Crippen LogP contribution in [0.15, 0.2) is 29.2 Å². The Morgan fingerprint density at radius 3 is 2.35 bits per heavy atom. The average molecular weight is 310 g/mol. The van der Waals surface area contributed by atoms with Crippen molar-refractivity contribution in [2.45, 2.75) is 10.4 Å². The molecule has 1 atom stereocenters. The molecule has 0 heterocycles. The lowest BCUT2D eigenvalue weighted by Gasteiger charge is -2.16. The Morgan fingerprint density at radius 1 is 1.35 bits per heavy atom. The fourth-order valence-electron chi connectivity index (χ4n) is 1.27.